The van der Waals surface area contributed by atoms with Crippen LogP contribution in [0.15, 0.2) is 36.5 Å². The molecule has 1 heterocycles. The van der Waals surface area contributed by atoms with Crippen LogP contribution in [-0.2, 0) is 0 Å². The van der Waals surface area contributed by atoms with E-state index in [1.165, 1.54) is 0 Å². The van der Waals surface area contributed by atoms with Gasteiger partial charge in [0.2, 0.25) is 0 Å². The molecule has 1 aromatic carbocycles. The lowest BCUT2D eigenvalue weighted by atomic mass is 10.2. The van der Waals surface area contributed by atoms with E-state index in [0.29, 0.717) is 5.69 Å². The topological polar surface area (TPSA) is 68.1 Å². The molecular weight excluding hydrogens is 182 g/mol. The maximum absolute atomic E-state index is 10.3. The number of hydrazine groups is 1. The third-order valence-corrected chi connectivity index (χ3v) is 1.86. The first-order chi connectivity index (χ1) is 6.77. The van der Waals surface area contributed by atoms with Crippen molar-refractivity contribution in [3.63, 3.8) is 0 Å². The largest absolute Gasteiger partial charge is 0.256 e. The molecule has 14 heavy (non-hydrogen) atoms. The molecule has 0 amide bonds. The van der Waals surface area contributed by atoms with E-state index in [2.05, 4.69) is 10.4 Å². The van der Waals surface area contributed by atoms with E-state index >= 15 is 0 Å². The number of fused-ring (bicyclic) bond motifs is 1. The van der Waals surface area contributed by atoms with Crippen molar-refractivity contribution in [2.24, 2.45) is 0 Å². The predicted octanol–water partition coefficient (Wildman–Crippen LogP) is 1.84. The highest BCUT2D eigenvalue weighted by Gasteiger charge is 2.04. The number of aromatic nitrogens is 1. The molecule has 70 valence electrons. The van der Waals surface area contributed by atoms with Crippen LogP contribution in [0.3, 0.4) is 0 Å². The fraction of sp³-hybridized carbons (Fsp3) is 0. The zero-order valence-corrected chi connectivity index (χ0v) is 7.18. The second kappa shape index (κ2) is 3.29. The Hall–Kier alpha value is -2.17. The number of benzene rings is 1. The lowest BCUT2D eigenvalue weighted by molar-refractivity contribution is -0.445. The molecule has 2 aromatic rings. The molecule has 0 saturated heterocycles. The van der Waals surface area contributed by atoms with E-state index in [0.717, 1.165) is 10.9 Å². The van der Waals surface area contributed by atoms with E-state index < -0.39 is 5.03 Å². The van der Waals surface area contributed by atoms with Gasteiger partial charge in [-0.05, 0) is 24.3 Å². The first-order valence-corrected chi connectivity index (χ1v) is 4.02. The molecule has 0 radical (unpaired) electrons. The predicted molar refractivity (Wildman–Crippen MR) is 52.4 cm³/mol. The summed E-state index contributed by atoms with van der Waals surface area (Å²) in [5.41, 5.74) is 3.32. The van der Waals surface area contributed by atoms with Gasteiger partial charge in [-0.15, -0.1) is 5.43 Å². The van der Waals surface area contributed by atoms with Crippen molar-refractivity contribution in [2.45, 2.75) is 0 Å². The van der Waals surface area contributed by atoms with Gasteiger partial charge in [0.15, 0.2) is 5.03 Å². The summed E-state index contributed by atoms with van der Waals surface area (Å²) < 4.78 is 0. The van der Waals surface area contributed by atoms with Gasteiger partial charge in [0, 0.05) is 11.6 Å². The number of rotatable bonds is 2. The highest BCUT2D eigenvalue weighted by molar-refractivity contribution is 5.90. The lowest BCUT2D eigenvalue weighted by Gasteiger charge is -2.01. The summed E-state index contributed by atoms with van der Waals surface area (Å²) in [5.74, 6) is 0. The number of nitrogens with one attached hydrogen (secondary N) is 1. The molecule has 0 aliphatic heterocycles. The standard InChI is InChI=1S/C9H7N3O2/c13-12(14)11-9-5-1-4-8-7(9)3-2-6-10-8/h1-6,11H. The molecule has 0 bridgehead atoms. The van der Waals surface area contributed by atoms with Crippen LogP contribution in [0.5, 0.6) is 0 Å². The van der Waals surface area contributed by atoms with Crippen LogP contribution in [-0.4, -0.2) is 10.0 Å². The highest BCUT2D eigenvalue weighted by Crippen LogP contribution is 2.20. The molecule has 5 nitrogen and oxygen atoms in total. The summed E-state index contributed by atoms with van der Waals surface area (Å²) in [6.07, 6.45) is 1.65. The molecule has 0 spiro atoms. The third-order valence-electron chi connectivity index (χ3n) is 1.86. The summed E-state index contributed by atoms with van der Waals surface area (Å²) in [5, 5.41) is 10.4. The molecule has 1 N–H and O–H groups in total. The zero-order valence-electron chi connectivity index (χ0n) is 7.18. The van der Waals surface area contributed by atoms with E-state index in [9.17, 15) is 10.1 Å². The second-order valence-corrected chi connectivity index (χ2v) is 2.74. The van der Waals surface area contributed by atoms with Gasteiger partial charge < -0.3 is 0 Å². The summed E-state index contributed by atoms with van der Waals surface area (Å²) in [6, 6.07) is 8.70. The van der Waals surface area contributed by atoms with Crippen molar-refractivity contribution in [1.29, 1.82) is 0 Å². The Bertz CT molecular complexity index is 479. The monoisotopic (exact) mass is 189 g/mol. The molecule has 0 saturated carbocycles. The molecule has 0 fully saturated rings. The van der Waals surface area contributed by atoms with Gasteiger partial charge in [0.05, 0.1) is 5.52 Å². The van der Waals surface area contributed by atoms with Crippen LogP contribution in [0.1, 0.15) is 0 Å². The zero-order chi connectivity index (χ0) is 9.97. The fourth-order valence-electron chi connectivity index (χ4n) is 1.30. The molecular formula is C9H7N3O2. The minimum atomic E-state index is -0.582. The normalized spacial score (nSPS) is 10.0. The maximum atomic E-state index is 10.3. The number of hydrogen-bond acceptors (Lipinski definition) is 3. The average Bonchev–Trinajstić information content (AvgIpc) is 2.18. The molecule has 2 rings (SSSR count). The molecule has 5 heteroatoms. The number of hydrogen-bond donors (Lipinski definition) is 1. The van der Waals surface area contributed by atoms with E-state index in [-0.39, 0.29) is 0 Å². The van der Waals surface area contributed by atoms with Crippen LogP contribution < -0.4 is 5.43 Å². The van der Waals surface area contributed by atoms with Gasteiger partial charge in [-0.1, -0.05) is 6.07 Å². The Balaban J connectivity index is 2.59. The maximum Gasteiger partial charge on any atom is 0.162 e. The van der Waals surface area contributed by atoms with Crippen LogP contribution >= 0.6 is 0 Å². The van der Waals surface area contributed by atoms with Gasteiger partial charge in [-0.3, -0.25) is 4.98 Å². The van der Waals surface area contributed by atoms with Crippen molar-refractivity contribution >= 4 is 16.6 Å². The number of nitro groups is 1. The summed E-state index contributed by atoms with van der Waals surface area (Å²) in [4.78, 5) is 14.4. The minimum Gasteiger partial charge on any atom is -0.256 e. The number of nitrogens with zero attached hydrogens (tertiary/aromatic N) is 2. The minimum absolute atomic E-state index is 0.459. The molecule has 0 unspecified atom stereocenters. The Labute approximate surface area is 79.5 Å². The molecule has 1 aromatic heterocycles. The van der Waals surface area contributed by atoms with Crippen LogP contribution in [0.4, 0.5) is 5.69 Å². The lowest BCUT2D eigenvalue weighted by Crippen LogP contribution is -2.07. The van der Waals surface area contributed by atoms with Crippen molar-refractivity contribution in [3.8, 4) is 0 Å². The number of pyridine rings is 1. The van der Waals surface area contributed by atoms with Crippen LogP contribution in [0.2, 0.25) is 0 Å². The molecule has 0 atom stereocenters. The average molecular weight is 189 g/mol. The molecule has 0 aliphatic carbocycles. The van der Waals surface area contributed by atoms with Crippen molar-refractivity contribution in [1.82, 2.24) is 4.98 Å². The van der Waals surface area contributed by atoms with E-state index in [1.54, 1.807) is 36.5 Å². The van der Waals surface area contributed by atoms with Gasteiger partial charge in [-0.25, -0.2) is 10.1 Å². The van der Waals surface area contributed by atoms with Gasteiger partial charge in [0.25, 0.3) is 0 Å². The summed E-state index contributed by atoms with van der Waals surface area (Å²) in [6.45, 7) is 0. The summed E-state index contributed by atoms with van der Waals surface area (Å²) >= 11 is 0. The van der Waals surface area contributed by atoms with E-state index in [4.69, 9.17) is 0 Å². The number of anilines is 1. The van der Waals surface area contributed by atoms with E-state index in [1.807, 2.05) is 0 Å². The fourth-order valence-corrected chi connectivity index (χ4v) is 1.30. The Morgan fingerprint density at radius 2 is 2.14 bits per heavy atom. The van der Waals surface area contributed by atoms with Gasteiger partial charge in [0.1, 0.15) is 5.69 Å². The van der Waals surface area contributed by atoms with Crippen molar-refractivity contribution < 1.29 is 5.03 Å². The quantitative estimate of drug-likeness (QED) is 0.578. The Kier molecular flexibility index (Phi) is 1.98. The highest BCUT2D eigenvalue weighted by atomic mass is 16.7. The van der Waals surface area contributed by atoms with Crippen molar-refractivity contribution in [2.75, 3.05) is 5.43 Å². The first-order valence-electron chi connectivity index (χ1n) is 4.02. The second-order valence-electron chi connectivity index (χ2n) is 2.74. The Morgan fingerprint density at radius 3 is 2.93 bits per heavy atom. The summed E-state index contributed by atoms with van der Waals surface area (Å²) in [7, 11) is 0. The smallest absolute Gasteiger partial charge is 0.162 e. The van der Waals surface area contributed by atoms with Crippen molar-refractivity contribution in [3.05, 3.63) is 46.6 Å². The van der Waals surface area contributed by atoms with Crippen LogP contribution in [0, 0.1) is 10.1 Å². The molecule has 0 aliphatic rings. The van der Waals surface area contributed by atoms with Gasteiger partial charge >= 0.3 is 0 Å². The third kappa shape index (κ3) is 1.47. The first kappa shape index (κ1) is 8.43. The van der Waals surface area contributed by atoms with Crippen LogP contribution in [0.25, 0.3) is 10.9 Å². The van der Waals surface area contributed by atoms with Gasteiger partial charge in [-0.2, -0.15) is 0 Å². The SMILES string of the molecule is O=[N+]([O-])Nc1cccc2ncccc12. The Morgan fingerprint density at radius 1 is 1.29 bits per heavy atom.